The number of benzene rings is 1. The molecule has 0 aromatic heterocycles. The summed E-state index contributed by atoms with van der Waals surface area (Å²) in [6, 6.07) is 9.99. The van der Waals surface area contributed by atoms with Gasteiger partial charge >= 0.3 is 0 Å². The van der Waals surface area contributed by atoms with E-state index in [-0.39, 0.29) is 0 Å². The summed E-state index contributed by atoms with van der Waals surface area (Å²) in [6.45, 7) is 8.64. The Balaban J connectivity index is -0.000000174. The highest BCUT2D eigenvalue weighted by Gasteiger charge is 1.80. The zero-order valence-corrected chi connectivity index (χ0v) is 10.2. The van der Waals surface area contributed by atoms with E-state index in [1.807, 2.05) is 58.0 Å². The molecule has 0 radical (unpaired) electrons. The summed E-state index contributed by atoms with van der Waals surface area (Å²) in [5, 5.41) is 0. The average molecular weight is 198 g/mol. The molecule has 0 aliphatic heterocycles. The van der Waals surface area contributed by atoms with E-state index in [1.54, 1.807) is 0 Å². The maximum absolute atomic E-state index is 5.35. The molecule has 0 aliphatic carbocycles. The summed E-state index contributed by atoms with van der Waals surface area (Å²) in [6.07, 6.45) is 0. The number of nitrogens with two attached hydrogens (primary N) is 2. The summed E-state index contributed by atoms with van der Waals surface area (Å²) < 4.78 is 0. The van der Waals surface area contributed by atoms with Gasteiger partial charge in [-0.05, 0) is 12.6 Å². The third-order valence-corrected chi connectivity index (χ3v) is 1.08. The molecule has 4 N–H and O–H groups in total. The third-order valence-electron chi connectivity index (χ3n) is 1.08. The Kier molecular flexibility index (Phi) is 30.6. The van der Waals surface area contributed by atoms with Crippen LogP contribution >= 0.6 is 0 Å². The Labute approximate surface area is 89.3 Å². The van der Waals surface area contributed by atoms with Crippen molar-refractivity contribution >= 4 is 0 Å². The van der Waals surface area contributed by atoms with E-state index < -0.39 is 0 Å². The monoisotopic (exact) mass is 198 g/mol. The van der Waals surface area contributed by atoms with Gasteiger partial charge in [-0.15, -0.1) is 0 Å². The van der Waals surface area contributed by atoms with E-state index in [0.29, 0.717) is 6.54 Å². The lowest BCUT2D eigenvalue weighted by molar-refractivity contribution is 1.07. The van der Waals surface area contributed by atoms with E-state index in [9.17, 15) is 0 Å². The molecule has 0 atom stereocenters. The molecule has 0 aliphatic rings. The van der Waals surface area contributed by atoms with Crippen molar-refractivity contribution in [1.82, 2.24) is 0 Å². The Morgan fingerprint density at radius 3 is 1.43 bits per heavy atom. The molecule has 0 heterocycles. The molecule has 1 aromatic carbocycles. The van der Waals surface area contributed by atoms with Gasteiger partial charge in [0, 0.05) is 6.54 Å². The first-order valence-electron chi connectivity index (χ1n) is 5.25. The van der Waals surface area contributed by atoms with Gasteiger partial charge in [-0.25, -0.2) is 0 Å². The molecule has 1 aromatic rings. The van der Waals surface area contributed by atoms with Crippen LogP contribution in [-0.4, -0.2) is 7.05 Å². The molecule has 2 nitrogen and oxygen atoms in total. The minimum absolute atomic E-state index is 0.640. The first kappa shape index (κ1) is 18.8. The lowest BCUT2D eigenvalue weighted by Gasteiger charge is -1.90. The molecule has 14 heavy (non-hydrogen) atoms. The van der Waals surface area contributed by atoms with Crippen LogP contribution in [0, 0.1) is 0 Å². The molecule has 0 bridgehead atoms. The van der Waals surface area contributed by atoms with Crippen LogP contribution in [0.4, 0.5) is 0 Å². The van der Waals surface area contributed by atoms with Gasteiger partial charge < -0.3 is 11.5 Å². The fraction of sp³-hybridized carbons (Fsp3) is 0.500. The number of hydrogen-bond acceptors (Lipinski definition) is 2. The molecule has 0 spiro atoms. The number of rotatable bonds is 1. The van der Waals surface area contributed by atoms with Crippen molar-refractivity contribution in [2.45, 2.75) is 34.2 Å². The van der Waals surface area contributed by atoms with Crippen LogP contribution < -0.4 is 11.5 Å². The van der Waals surface area contributed by atoms with Crippen LogP contribution in [0.25, 0.3) is 0 Å². The predicted molar refractivity (Wildman–Crippen MR) is 67.1 cm³/mol. The molecular formula is C12H26N2. The lowest BCUT2D eigenvalue weighted by atomic mass is 10.2. The van der Waals surface area contributed by atoms with Gasteiger partial charge in [-0.2, -0.15) is 0 Å². The normalized spacial score (nSPS) is 6.50. The largest absolute Gasteiger partial charge is 0.333 e. The predicted octanol–water partition coefficient (Wildman–Crippen LogP) is 2.77. The van der Waals surface area contributed by atoms with Gasteiger partial charge in [0.15, 0.2) is 0 Å². The summed E-state index contributed by atoms with van der Waals surface area (Å²) in [5.74, 6) is 0. The second-order valence-corrected chi connectivity index (χ2v) is 1.69. The summed E-state index contributed by atoms with van der Waals surface area (Å²) in [7, 11) is 1.50. The van der Waals surface area contributed by atoms with E-state index >= 15 is 0 Å². The van der Waals surface area contributed by atoms with E-state index in [4.69, 9.17) is 5.73 Å². The lowest BCUT2D eigenvalue weighted by Crippen LogP contribution is -1.94. The Bertz CT molecular complexity index is 150. The van der Waals surface area contributed by atoms with Crippen LogP contribution in [0.1, 0.15) is 33.3 Å². The molecule has 0 fully saturated rings. The molecule has 0 saturated carbocycles. The highest BCUT2D eigenvalue weighted by molar-refractivity contribution is 5.13. The van der Waals surface area contributed by atoms with E-state index in [1.165, 1.54) is 12.6 Å². The molecule has 0 saturated heterocycles. The van der Waals surface area contributed by atoms with Crippen LogP contribution in [-0.2, 0) is 6.54 Å². The first-order valence-corrected chi connectivity index (χ1v) is 5.25. The van der Waals surface area contributed by atoms with Crippen molar-refractivity contribution in [2.24, 2.45) is 11.5 Å². The fourth-order valence-electron chi connectivity index (χ4n) is 0.614. The van der Waals surface area contributed by atoms with Crippen molar-refractivity contribution in [3.05, 3.63) is 35.9 Å². The van der Waals surface area contributed by atoms with Crippen molar-refractivity contribution in [1.29, 1.82) is 0 Å². The van der Waals surface area contributed by atoms with Crippen LogP contribution in [0.2, 0.25) is 0 Å². The van der Waals surface area contributed by atoms with Gasteiger partial charge in [-0.1, -0.05) is 58.0 Å². The maximum Gasteiger partial charge on any atom is 0.0178 e. The highest BCUT2D eigenvalue weighted by Crippen LogP contribution is 1.94. The standard InChI is InChI=1S/C7H9N.2C2H6.CH5N/c8-6-7-4-2-1-3-5-7;3*1-2/h1-5H,6,8H2;2*1-2H3;2H2,1H3. The van der Waals surface area contributed by atoms with Gasteiger partial charge in [0.05, 0.1) is 0 Å². The molecule has 0 amide bonds. The zero-order chi connectivity index (χ0) is 11.8. The fourth-order valence-corrected chi connectivity index (χ4v) is 0.614. The summed E-state index contributed by atoms with van der Waals surface area (Å²) >= 11 is 0. The van der Waals surface area contributed by atoms with Crippen molar-refractivity contribution in [3.8, 4) is 0 Å². The summed E-state index contributed by atoms with van der Waals surface area (Å²) in [5.41, 5.74) is 11.0. The molecule has 1 rings (SSSR count). The second kappa shape index (κ2) is 22.7. The molecular weight excluding hydrogens is 172 g/mol. The second-order valence-electron chi connectivity index (χ2n) is 1.69. The van der Waals surface area contributed by atoms with Gasteiger partial charge in [0.2, 0.25) is 0 Å². The Morgan fingerprint density at radius 2 is 1.21 bits per heavy atom. The minimum Gasteiger partial charge on any atom is -0.333 e. The van der Waals surface area contributed by atoms with E-state index in [2.05, 4.69) is 5.73 Å². The molecule has 2 heteroatoms. The SMILES string of the molecule is CC.CC.CN.NCc1ccccc1. The van der Waals surface area contributed by atoms with Crippen molar-refractivity contribution in [2.75, 3.05) is 7.05 Å². The Hall–Kier alpha value is -0.860. The first-order chi connectivity index (χ1) is 6.93. The number of hydrogen-bond donors (Lipinski definition) is 2. The zero-order valence-electron chi connectivity index (χ0n) is 10.2. The topological polar surface area (TPSA) is 52.0 Å². The quantitative estimate of drug-likeness (QED) is 0.729. The van der Waals surface area contributed by atoms with Gasteiger partial charge in [-0.3, -0.25) is 0 Å². The Morgan fingerprint density at radius 1 is 0.857 bits per heavy atom. The third kappa shape index (κ3) is 13.7. The van der Waals surface area contributed by atoms with E-state index in [0.717, 1.165) is 0 Å². The van der Waals surface area contributed by atoms with Gasteiger partial charge in [0.1, 0.15) is 0 Å². The summed E-state index contributed by atoms with van der Waals surface area (Å²) in [4.78, 5) is 0. The van der Waals surface area contributed by atoms with Gasteiger partial charge in [0.25, 0.3) is 0 Å². The van der Waals surface area contributed by atoms with Crippen molar-refractivity contribution in [3.63, 3.8) is 0 Å². The van der Waals surface area contributed by atoms with Crippen molar-refractivity contribution < 1.29 is 0 Å². The maximum atomic E-state index is 5.35. The smallest absolute Gasteiger partial charge is 0.0178 e. The average Bonchev–Trinajstić information content (AvgIpc) is 2.37. The minimum atomic E-state index is 0.640. The molecule has 84 valence electrons. The van der Waals surface area contributed by atoms with Crippen LogP contribution in [0.3, 0.4) is 0 Å². The highest BCUT2D eigenvalue weighted by atomic mass is 14.5. The molecule has 0 unspecified atom stereocenters. The van der Waals surface area contributed by atoms with Crippen LogP contribution in [0.15, 0.2) is 30.3 Å². The van der Waals surface area contributed by atoms with Crippen LogP contribution in [0.5, 0.6) is 0 Å².